The molecule has 1 N–H and O–H groups in total. The van der Waals surface area contributed by atoms with Crippen LogP contribution in [0.1, 0.15) is 36.8 Å². The first-order valence-electron chi connectivity index (χ1n) is 9.74. The van der Waals surface area contributed by atoms with Crippen LogP contribution in [-0.4, -0.2) is 31.8 Å². The van der Waals surface area contributed by atoms with E-state index in [0.29, 0.717) is 19.4 Å². The van der Waals surface area contributed by atoms with Crippen LogP contribution in [-0.2, 0) is 29.5 Å². The zero-order valence-electron chi connectivity index (χ0n) is 15.7. The fraction of sp³-hybridized carbons (Fsp3) is 0.526. The molecule has 0 bridgehead atoms. The second-order valence-electron chi connectivity index (χ2n) is 7.38. The molecule has 0 radical (unpaired) electrons. The Labute approximate surface area is 169 Å². The molecule has 0 aliphatic carbocycles. The highest BCUT2D eigenvalue weighted by atomic mass is 32.2. The molecule has 0 atom stereocenters. The number of hydrogen-bond acceptors (Lipinski definition) is 6. The van der Waals surface area contributed by atoms with Crippen molar-refractivity contribution in [2.45, 2.75) is 45.1 Å². The van der Waals surface area contributed by atoms with Crippen LogP contribution in [0.25, 0.3) is 0 Å². The predicted molar refractivity (Wildman–Crippen MR) is 110 cm³/mol. The Hall–Kier alpha value is -1.84. The van der Waals surface area contributed by atoms with Gasteiger partial charge in [-0.15, -0.1) is 0 Å². The van der Waals surface area contributed by atoms with Crippen LogP contribution in [0.4, 0.5) is 16.5 Å². The van der Waals surface area contributed by atoms with Gasteiger partial charge in [0.25, 0.3) is 10.1 Å². The maximum absolute atomic E-state index is 10.8. The maximum Gasteiger partial charge on any atom is 0.408 e. The molecule has 7 nitrogen and oxygen atoms in total. The summed E-state index contributed by atoms with van der Waals surface area (Å²) < 4.78 is 32.4. The van der Waals surface area contributed by atoms with Gasteiger partial charge in [-0.2, -0.15) is 8.42 Å². The summed E-state index contributed by atoms with van der Waals surface area (Å²) in [6.45, 7) is 2.97. The second-order valence-corrected chi connectivity index (χ2v) is 9.82. The lowest BCUT2D eigenvalue weighted by molar-refractivity contribution is -0.680. The number of nitrogens with zero attached hydrogens (tertiary/aromatic N) is 4. The third-order valence-corrected chi connectivity index (χ3v) is 6.87. The van der Waals surface area contributed by atoms with Crippen LogP contribution in [0.5, 0.6) is 0 Å². The summed E-state index contributed by atoms with van der Waals surface area (Å²) in [5, 5.41) is 11.7. The van der Waals surface area contributed by atoms with Crippen LogP contribution in [0.2, 0.25) is 0 Å². The van der Waals surface area contributed by atoms with E-state index in [9.17, 15) is 8.42 Å². The van der Waals surface area contributed by atoms with Crippen LogP contribution >= 0.6 is 11.3 Å². The van der Waals surface area contributed by atoms with Crippen LogP contribution in [0.15, 0.2) is 33.9 Å². The molecule has 4 rings (SSSR count). The smallest absolute Gasteiger partial charge is 0.371 e. The summed E-state index contributed by atoms with van der Waals surface area (Å²) in [6.07, 6.45) is 7.61. The number of aryl methyl sites for hydroxylation is 3. The minimum Gasteiger partial charge on any atom is -0.371 e. The molecule has 150 valence electrons. The third kappa shape index (κ3) is 4.59. The Morgan fingerprint density at radius 2 is 1.82 bits per heavy atom. The van der Waals surface area contributed by atoms with E-state index in [4.69, 9.17) is 4.55 Å². The summed E-state index contributed by atoms with van der Waals surface area (Å²) in [6, 6.07) is 4.34. The molecule has 1 aromatic carbocycles. The molecule has 9 heteroatoms. The average Bonchev–Trinajstić information content (AvgIpc) is 3.11. The van der Waals surface area contributed by atoms with Crippen molar-refractivity contribution in [2.75, 3.05) is 23.7 Å². The van der Waals surface area contributed by atoms with Crippen molar-refractivity contribution in [1.82, 2.24) is 0 Å². The van der Waals surface area contributed by atoms with Gasteiger partial charge in [-0.05, 0) is 78.2 Å². The number of thiazole rings is 1. The molecular weight excluding hydrogens is 396 g/mol. The molecule has 0 saturated carbocycles. The van der Waals surface area contributed by atoms with Gasteiger partial charge in [-0.3, -0.25) is 4.55 Å². The van der Waals surface area contributed by atoms with Crippen LogP contribution in [0.3, 0.4) is 0 Å². The third-order valence-electron chi connectivity index (χ3n) is 5.28. The highest BCUT2D eigenvalue weighted by molar-refractivity contribution is 7.85. The number of azo groups is 1. The fourth-order valence-electron chi connectivity index (χ4n) is 4.06. The van der Waals surface area contributed by atoms with E-state index in [1.165, 1.54) is 41.0 Å². The minimum absolute atomic E-state index is 0.205. The van der Waals surface area contributed by atoms with E-state index >= 15 is 0 Å². The highest BCUT2D eigenvalue weighted by Crippen LogP contribution is 2.38. The molecule has 2 aliphatic heterocycles. The lowest BCUT2D eigenvalue weighted by Crippen LogP contribution is -2.34. The maximum atomic E-state index is 10.8. The van der Waals surface area contributed by atoms with E-state index in [1.54, 1.807) is 0 Å². The van der Waals surface area contributed by atoms with Gasteiger partial charge in [0.2, 0.25) is 0 Å². The molecule has 0 spiro atoms. The number of anilines is 1. The van der Waals surface area contributed by atoms with Gasteiger partial charge >= 0.3 is 5.13 Å². The van der Waals surface area contributed by atoms with E-state index < -0.39 is 10.1 Å². The largest absolute Gasteiger partial charge is 0.408 e. The van der Waals surface area contributed by atoms with Gasteiger partial charge in [0.15, 0.2) is 0 Å². The summed E-state index contributed by atoms with van der Waals surface area (Å²) in [4.78, 5) is 2.51. The molecule has 0 amide bonds. The first kappa shape index (κ1) is 19.5. The summed E-state index contributed by atoms with van der Waals surface area (Å²) in [5.41, 5.74) is 5.12. The number of aromatic nitrogens is 1. The molecule has 2 aliphatic rings. The van der Waals surface area contributed by atoms with Crippen molar-refractivity contribution >= 4 is 38.0 Å². The summed E-state index contributed by atoms with van der Waals surface area (Å²) in [7, 11) is -3.89. The second kappa shape index (κ2) is 8.26. The van der Waals surface area contributed by atoms with Gasteiger partial charge in [0, 0.05) is 24.2 Å². The normalized spacial score (nSPS) is 16.5. The summed E-state index contributed by atoms with van der Waals surface area (Å²) >= 11 is 1.51. The van der Waals surface area contributed by atoms with Crippen molar-refractivity contribution in [3.8, 4) is 0 Å². The summed E-state index contributed by atoms with van der Waals surface area (Å²) in [5.74, 6) is -0.205. The molecule has 28 heavy (non-hydrogen) atoms. The fourth-order valence-corrected chi connectivity index (χ4v) is 5.33. The van der Waals surface area contributed by atoms with E-state index in [-0.39, 0.29) is 5.75 Å². The Balaban J connectivity index is 1.46. The number of benzene rings is 1. The van der Waals surface area contributed by atoms with E-state index in [2.05, 4.69) is 27.3 Å². The zero-order valence-corrected chi connectivity index (χ0v) is 17.4. The molecular formula is C19H25N4O3S2+. The van der Waals surface area contributed by atoms with Crippen molar-refractivity contribution in [3.63, 3.8) is 0 Å². The monoisotopic (exact) mass is 421 g/mol. The number of hydrogen-bond donors (Lipinski definition) is 1. The molecule has 0 fully saturated rings. The molecule has 1 aromatic heterocycles. The lowest BCUT2D eigenvalue weighted by Gasteiger charge is -2.36. The highest BCUT2D eigenvalue weighted by Gasteiger charge is 2.24. The Bertz CT molecular complexity index is 954. The number of rotatable bonds is 7. The van der Waals surface area contributed by atoms with Gasteiger partial charge in [0.05, 0.1) is 17.4 Å². The van der Waals surface area contributed by atoms with Gasteiger partial charge in [-0.25, -0.2) is 4.57 Å². The van der Waals surface area contributed by atoms with Gasteiger partial charge in [0.1, 0.15) is 11.9 Å². The molecule has 0 unspecified atom stereocenters. The van der Waals surface area contributed by atoms with Crippen LogP contribution in [0, 0.1) is 0 Å². The van der Waals surface area contributed by atoms with Crippen molar-refractivity contribution < 1.29 is 17.5 Å². The van der Waals surface area contributed by atoms with Crippen molar-refractivity contribution in [3.05, 3.63) is 34.8 Å². The SMILES string of the molecule is O=S(=O)(O)CCCC[n+]1ccsc1N=Nc1cc2c3c(c1)CCCN3CCC2. The predicted octanol–water partition coefficient (Wildman–Crippen LogP) is 3.82. The topological polar surface area (TPSA) is 86.2 Å². The van der Waals surface area contributed by atoms with E-state index in [0.717, 1.165) is 36.8 Å². The standard InChI is InChI=1S/C19H24N4O3S2/c24-28(25,26)12-2-1-7-23-10-11-27-19(23)21-20-17-13-15-5-3-8-22-9-4-6-16(14-17)18(15)22/h10-11,13-14H,1-9,12H2/p+1. The average molecular weight is 422 g/mol. The van der Waals surface area contributed by atoms with Gasteiger partial charge < -0.3 is 4.90 Å². The quantitative estimate of drug-likeness (QED) is 0.319. The van der Waals surface area contributed by atoms with E-state index in [1.807, 2.05) is 16.1 Å². The molecule has 3 heterocycles. The number of unbranched alkanes of at least 4 members (excludes halogenated alkanes) is 1. The van der Waals surface area contributed by atoms with Crippen molar-refractivity contribution in [1.29, 1.82) is 0 Å². The first-order chi connectivity index (χ1) is 13.5. The Morgan fingerprint density at radius 1 is 1.11 bits per heavy atom. The van der Waals surface area contributed by atoms with Crippen molar-refractivity contribution in [2.24, 2.45) is 10.2 Å². The Morgan fingerprint density at radius 3 is 2.50 bits per heavy atom. The lowest BCUT2D eigenvalue weighted by atomic mass is 9.91. The first-order valence-corrected chi connectivity index (χ1v) is 12.2. The molecule has 2 aromatic rings. The Kier molecular flexibility index (Phi) is 5.75. The minimum atomic E-state index is -3.89. The zero-order chi connectivity index (χ0) is 19.6. The van der Waals surface area contributed by atoms with Gasteiger partial charge in [-0.1, -0.05) is 0 Å². The van der Waals surface area contributed by atoms with Crippen LogP contribution < -0.4 is 9.47 Å². The molecule has 0 saturated heterocycles.